The number of carbonyl (C=O) groups is 4. The van der Waals surface area contributed by atoms with Crippen LogP contribution in [-0.4, -0.2) is 94.9 Å². The highest BCUT2D eigenvalue weighted by molar-refractivity contribution is 5.98. The maximum Gasteiger partial charge on any atom is 0.324 e. The Hall–Kier alpha value is -2.74. The molecule has 2 saturated heterocycles. The second-order valence-corrected chi connectivity index (χ2v) is 6.22. The van der Waals surface area contributed by atoms with Crippen LogP contribution in [0.25, 0.3) is 0 Å². The highest BCUT2D eigenvalue weighted by Crippen LogP contribution is 2.18. The van der Waals surface area contributed by atoms with Gasteiger partial charge in [-0.3, -0.25) is 19.7 Å². The van der Waals surface area contributed by atoms with Crippen LogP contribution in [0.5, 0.6) is 0 Å². The molecule has 2 atom stereocenters. The van der Waals surface area contributed by atoms with E-state index in [-0.39, 0.29) is 32.5 Å². The first kappa shape index (κ1) is 20.6. The van der Waals surface area contributed by atoms with Gasteiger partial charge in [-0.1, -0.05) is 0 Å². The van der Waals surface area contributed by atoms with Gasteiger partial charge in [0.05, 0.1) is 0 Å². The largest absolute Gasteiger partial charge is 0.382 e. The number of hydrogen-bond acceptors (Lipinski definition) is 5. The normalized spacial score (nSPS) is 21.7. The van der Waals surface area contributed by atoms with Crippen molar-refractivity contribution in [3.63, 3.8) is 0 Å². The summed E-state index contributed by atoms with van der Waals surface area (Å²) in [5.41, 5.74) is 0. The molecule has 148 valence electrons. The Balaban J connectivity index is 2.02. The molecule has 2 N–H and O–H groups in total. The molecule has 5 amide bonds. The summed E-state index contributed by atoms with van der Waals surface area (Å²) in [5, 5.41) is 11.7. The lowest BCUT2D eigenvalue weighted by Gasteiger charge is -2.42. The maximum absolute atomic E-state index is 13.5. The van der Waals surface area contributed by atoms with Crippen LogP contribution in [-0.2, 0) is 14.4 Å². The van der Waals surface area contributed by atoms with Gasteiger partial charge < -0.3 is 19.8 Å². The monoisotopic (exact) mass is 386 g/mol. The molecule has 0 bridgehead atoms. The molecule has 2 aliphatic rings. The van der Waals surface area contributed by atoms with E-state index < -0.39 is 55.4 Å². The molecular weight excluding hydrogens is 366 g/mol. The van der Waals surface area contributed by atoms with Crippen LogP contribution in [0, 0.1) is 12.3 Å². The molecular formula is C16H20F2N4O5. The maximum atomic E-state index is 13.5. The zero-order valence-electron chi connectivity index (χ0n) is 14.4. The van der Waals surface area contributed by atoms with Gasteiger partial charge in [0.25, 0.3) is 12.3 Å². The third-order valence-corrected chi connectivity index (χ3v) is 4.41. The van der Waals surface area contributed by atoms with Crippen LogP contribution in [0.3, 0.4) is 0 Å². The molecule has 0 spiro atoms. The first-order valence-electron chi connectivity index (χ1n) is 8.31. The van der Waals surface area contributed by atoms with E-state index >= 15 is 0 Å². The fraction of sp³-hybridized carbons (Fsp3) is 0.625. The van der Waals surface area contributed by atoms with E-state index in [1.807, 2.05) is 0 Å². The Morgan fingerprint density at radius 2 is 2.00 bits per heavy atom. The molecule has 0 aromatic carbocycles. The Morgan fingerprint density at radius 3 is 2.59 bits per heavy atom. The Bertz CT molecular complexity index is 666. The minimum absolute atomic E-state index is 0.0203. The summed E-state index contributed by atoms with van der Waals surface area (Å²) in [6, 6.07) is -2.32. The van der Waals surface area contributed by atoms with Gasteiger partial charge in [0.2, 0.25) is 11.8 Å². The van der Waals surface area contributed by atoms with E-state index in [0.29, 0.717) is 0 Å². The number of nitrogens with one attached hydrogen (secondary N) is 1. The molecule has 0 aromatic heterocycles. The van der Waals surface area contributed by atoms with Crippen LogP contribution in [0.2, 0.25) is 0 Å². The fourth-order valence-corrected chi connectivity index (χ4v) is 2.95. The van der Waals surface area contributed by atoms with E-state index in [1.54, 1.807) is 0 Å². The van der Waals surface area contributed by atoms with Crippen molar-refractivity contribution in [2.45, 2.75) is 31.4 Å². The van der Waals surface area contributed by atoms with Crippen LogP contribution in [0.1, 0.15) is 12.8 Å². The smallest absolute Gasteiger partial charge is 0.324 e. The van der Waals surface area contributed by atoms with Gasteiger partial charge >= 0.3 is 6.03 Å². The Kier molecular flexibility index (Phi) is 6.68. The number of terminal acetylenes is 1. The number of rotatable bonds is 5. The topological polar surface area (TPSA) is 110 Å². The predicted molar refractivity (Wildman–Crippen MR) is 87.3 cm³/mol. The number of carbonyl (C=O) groups excluding carboxylic acids is 4. The van der Waals surface area contributed by atoms with E-state index in [9.17, 15) is 33.1 Å². The number of halogens is 2. The standard InChI is InChI=1S/C16H20F2N4O5/c1-2-3-11(23)15(26)20-6-7-22(10(8-20)14(17)18)13(25)9-21-5-4-12(24)19-16(21)27/h1,10-11,14,23H,3-9H2,(H,19,24,27). The van der Waals surface area contributed by atoms with Gasteiger partial charge in [0.1, 0.15) is 18.7 Å². The lowest BCUT2D eigenvalue weighted by atomic mass is 10.1. The van der Waals surface area contributed by atoms with Gasteiger partial charge in [0, 0.05) is 39.0 Å². The lowest BCUT2D eigenvalue weighted by molar-refractivity contribution is -0.152. The number of urea groups is 1. The molecule has 2 fully saturated rings. The highest BCUT2D eigenvalue weighted by atomic mass is 19.3. The molecule has 11 heteroatoms. The fourth-order valence-electron chi connectivity index (χ4n) is 2.95. The van der Waals surface area contributed by atoms with Crippen LogP contribution in [0.4, 0.5) is 13.6 Å². The third kappa shape index (κ3) is 4.91. The SMILES string of the molecule is C#CCC(O)C(=O)N1CCN(C(=O)CN2CCC(=O)NC2=O)C(C(F)F)C1. The molecule has 27 heavy (non-hydrogen) atoms. The minimum Gasteiger partial charge on any atom is -0.382 e. The van der Waals surface area contributed by atoms with E-state index in [1.165, 1.54) is 0 Å². The number of piperazine rings is 1. The molecule has 2 unspecified atom stereocenters. The average molecular weight is 386 g/mol. The molecule has 0 aromatic rings. The van der Waals surface area contributed by atoms with Crippen molar-refractivity contribution in [1.29, 1.82) is 0 Å². The first-order chi connectivity index (χ1) is 12.7. The third-order valence-electron chi connectivity index (χ3n) is 4.41. The Labute approximate surface area is 154 Å². The van der Waals surface area contributed by atoms with Crippen LogP contribution >= 0.6 is 0 Å². The summed E-state index contributed by atoms with van der Waals surface area (Å²) < 4.78 is 26.9. The number of hydrogen-bond donors (Lipinski definition) is 2. The summed E-state index contributed by atoms with van der Waals surface area (Å²) in [6.45, 7) is -1.09. The first-order valence-corrected chi connectivity index (χ1v) is 8.31. The molecule has 0 radical (unpaired) electrons. The van der Waals surface area contributed by atoms with Crippen molar-refractivity contribution in [3.8, 4) is 12.3 Å². The molecule has 2 heterocycles. The summed E-state index contributed by atoms with van der Waals surface area (Å²) in [5.74, 6) is 0.186. The average Bonchev–Trinajstić information content (AvgIpc) is 2.63. The molecule has 2 rings (SSSR count). The number of amides is 5. The minimum atomic E-state index is -2.92. The zero-order valence-corrected chi connectivity index (χ0v) is 14.4. The van der Waals surface area contributed by atoms with Crippen molar-refractivity contribution in [1.82, 2.24) is 20.0 Å². The van der Waals surface area contributed by atoms with Gasteiger partial charge in [-0.15, -0.1) is 12.3 Å². The summed E-state index contributed by atoms with van der Waals surface area (Å²) in [4.78, 5) is 50.4. The van der Waals surface area contributed by atoms with Crippen molar-refractivity contribution < 1.29 is 33.1 Å². The highest BCUT2D eigenvalue weighted by Gasteiger charge is 2.39. The molecule has 2 aliphatic heterocycles. The number of nitrogens with zero attached hydrogens (tertiary/aromatic N) is 3. The van der Waals surface area contributed by atoms with Crippen LogP contribution < -0.4 is 5.32 Å². The zero-order chi connectivity index (χ0) is 20.1. The quantitative estimate of drug-likeness (QED) is 0.566. The molecule has 0 aliphatic carbocycles. The number of imide groups is 1. The van der Waals surface area contributed by atoms with E-state index in [0.717, 1.165) is 14.7 Å². The second-order valence-electron chi connectivity index (χ2n) is 6.22. The molecule has 0 saturated carbocycles. The van der Waals surface area contributed by atoms with Crippen molar-refractivity contribution >= 4 is 23.8 Å². The van der Waals surface area contributed by atoms with Gasteiger partial charge in [-0.25, -0.2) is 13.6 Å². The summed E-state index contributed by atoms with van der Waals surface area (Å²) >= 11 is 0. The Morgan fingerprint density at radius 1 is 1.30 bits per heavy atom. The van der Waals surface area contributed by atoms with Gasteiger partial charge in [-0.2, -0.15) is 0 Å². The number of aliphatic hydroxyl groups is 1. The van der Waals surface area contributed by atoms with Crippen LogP contribution in [0.15, 0.2) is 0 Å². The van der Waals surface area contributed by atoms with Crippen molar-refractivity contribution in [2.75, 3.05) is 32.7 Å². The summed E-state index contributed by atoms with van der Waals surface area (Å²) in [7, 11) is 0. The van der Waals surface area contributed by atoms with Crippen molar-refractivity contribution in [2.24, 2.45) is 0 Å². The molecule has 9 nitrogen and oxygen atoms in total. The van der Waals surface area contributed by atoms with Gasteiger partial charge in [-0.05, 0) is 0 Å². The predicted octanol–water partition coefficient (Wildman–Crippen LogP) is -1.38. The van der Waals surface area contributed by atoms with E-state index in [2.05, 4.69) is 11.2 Å². The van der Waals surface area contributed by atoms with Crippen molar-refractivity contribution in [3.05, 3.63) is 0 Å². The van der Waals surface area contributed by atoms with E-state index in [4.69, 9.17) is 6.42 Å². The number of alkyl halides is 2. The van der Waals surface area contributed by atoms with Gasteiger partial charge in [0.15, 0.2) is 0 Å². The second kappa shape index (κ2) is 8.77. The lowest BCUT2D eigenvalue weighted by Crippen LogP contribution is -2.62. The summed E-state index contributed by atoms with van der Waals surface area (Å²) in [6.07, 6.45) is 0.409. The number of aliphatic hydroxyl groups excluding tert-OH is 1.